The first-order valence-corrected chi connectivity index (χ1v) is 14.6. The molecule has 9 heteroatoms. The molecular formula is C30H40N6O3. The van der Waals surface area contributed by atoms with E-state index in [0.29, 0.717) is 37.3 Å². The summed E-state index contributed by atoms with van der Waals surface area (Å²) in [6.45, 7) is 4.76. The summed E-state index contributed by atoms with van der Waals surface area (Å²) in [5, 5.41) is 13.3. The molecule has 2 aliphatic heterocycles. The number of nitrogens with zero attached hydrogens (tertiary/aromatic N) is 5. The third-order valence-electron chi connectivity index (χ3n) is 8.81. The molecule has 2 N–H and O–H groups in total. The number of ether oxygens (including phenoxy) is 1. The highest BCUT2D eigenvalue weighted by molar-refractivity contribution is 5.59. The lowest BCUT2D eigenvalue weighted by atomic mass is 9.90. The molecule has 2 saturated heterocycles. The maximum Gasteiger partial charge on any atom is 0.333 e. The summed E-state index contributed by atoms with van der Waals surface area (Å²) >= 11 is 0. The van der Waals surface area contributed by atoms with Crippen molar-refractivity contribution in [1.29, 1.82) is 0 Å². The Morgan fingerprint density at radius 2 is 1.87 bits per heavy atom. The van der Waals surface area contributed by atoms with Crippen molar-refractivity contribution in [3.8, 4) is 17.1 Å². The van der Waals surface area contributed by atoms with Gasteiger partial charge in [0.05, 0.1) is 23.7 Å². The highest BCUT2D eigenvalue weighted by Crippen LogP contribution is 2.31. The molecule has 3 fully saturated rings. The van der Waals surface area contributed by atoms with E-state index in [4.69, 9.17) is 9.72 Å². The molecule has 0 spiro atoms. The van der Waals surface area contributed by atoms with Crippen LogP contribution in [0.3, 0.4) is 0 Å². The minimum atomic E-state index is -0.0444. The molecule has 4 heterocycles. The molecule has 0 bridgehead atoms. The molecule has 3 aliphatic rings. The quantitative estimate of drug-likeness (QED) is 0.476. The standard InChI is InChI=1S/C30H40N6O3/c1-21-4-2-5-25(18-21)36-28(19-35(30(36)38)24-12-16-39-17-13-24)27-11-14-31-29(33-27)32-22-7-9-23(10-8-22)34-15-3-6-26(34)20-37/h2,4-5,11,14,18-19,22-24,26,37H,3,6-10,12-13,15-17,20H2,1H3,(H,31,32,33)/t22?,23?,26-/m0/s1. The average molecular weight is 533 g/mol. The Morgan fingerprint density at radius 3 is 2.64 bits per heavy atom. The molecule has 0 amide bonds. The molecule has 1 aromatic carbocycles. The monoisotopic (exact) mass is 532 g/mol. The van der Waals surface area contributed by atoms with Gasteiger partial charge in [-0.15, -0.1) is 0 Å². The summed E-state index contributed by atoms with van der Waals surface area (Å²) in [7, 11) is 0. The van der Waals surface area contributed by atoms with E-state index in [0.717, 1.165) is 74.1 Å². The minimum Gasteiger partial charge on any atom is -0.395 e. The number of aryl methyl sites for hydroxylation is 1. The lowest BCUT2D eigenvalue weighted by molar-refractivity contribution is 0.0686. The number of benzene rings is 1. The van der Waals surface area contributed by atoms with Crippen molar-refractivity contribution in [2.75, 3.05) is 31.7 Å². The number of hydrogen-bond donors (Lipinski definition) is 2. The summed E-state index contributed by atoms with van der Waals surface area (Å²) in [6.07, 6.45) is 12.0. The smallest absolute Gasteiger partial charge is 0.333 e. The van der Waals surface area contributed by atoms with Gasteiger partial charge in [-0.3, -0.25) is 14.0 Å². The van der Waals surface area contributed by atoms with E-state index >= 15 is 0 Å². The van der Waals surface area contributed by atoms with Crippen LogP contribution in [-0.2, 0) is 4.74 Å². The van der Waals surface area contributed by atoms with Crippen LogP contribution in [0.2, 0.25) is 0 Å². The Bertz CT molecular complexity index is 1320. The summed E-state index contributed by atoms with van der Waals surface area (Å²) in [5.41, 5.74) is 3.40. The van der Waals surface area contributed by atoms with Crippen LogP contribution in [-0.4, -0.2) is 73.6 Å². The van der Waals surface area contributed by atoms with Crippen LogP contribution in [0.15, 0.2) is 47.5 Å². The van der Waals surface area contributed by atoms with Crippen LogP contribution in [0.4, 0.5) is 5.95 Å². The molecule has 0 unspecified atom stereocenters. The number of aromatic nitrogens is 4. The summed E-state index contributed by atoms with van der Waals surface area (Å²) in [4.78, 5) is 25.7. The van der Waals surface area contributed by atoms with Crippen LogP contribution < -0.4 is 11.0 Å². The number of anilines is 1. The van der Waals surface area contributed by atoms with Crippen molar-refractivity contribution in [3.63, 3.8) is 0 Å². The second-order valence-electron chi connectivity index (χ2n) is 11.4. The molecule has 0 radical (unpaired) electrons. The highest BCUT2D eigenvalue weighted by Gasteiger charge is 2.33. The van der Waals surface area contributed by atoms with Gasteiger partial charge in [0, 0.05) is 49.8 Å². The maximum atomic E-state index is 13.8. The zero-order valence-electron chi connectivity index (χ0n) is 22.8. The van der Waals surface area contributed by atoms with Crippen molar-refractivity contribution in [2.24, 2.45) is 0 Å². The molecule has 3 aromatic rings. The Balaban J connectivity index is 1.24. The number of nitrogens with one attached hydrogen (secondary N) is 1. The Morgan fingerprint density at radius 1 is 1.05 bits per heavy atom. The third kappa shape index (κ3) is 5.53. The molecular weight excluding hydrogens is 492 g/mol. The van der Waals surface area contributed by atoms with Crippen LogP contribution in [0.1, 0.15) is 63.0 Å². The number of likely N-dealkylation sites (tertiary alicyclic amines) is 1. The molecule has 1 aliphatic carbocycles. The second-order valence-corrected chi connectivity index (χ2v) is 11.4. The molecule has 2 aromatic heterocycles. The number of aliphatic hydroxyl groups excluding tert-OH is 1. The van der Waals surface area contributed by atoms with E-state index in [9.17, 15) is 9.90 Å². The van der Waals surface area contributed by atoms with Crippen LogP contribution in [0.25, 0.3) is 17.1 Å². The zero-order chi connectivity index (χ0) is 26.8. The van der Waals surface area contributed by atoms with Crippen molar-refractivity contribution in [2.45, 2.75) is 82.5 Å². The van der Waals surface area contributed by atoms with Gasteiger partial charge in [-0.05, 0) is 88.6 Å². The largest absolute Gasteiger partial charge is 0.395 e. The Kier molecular flexibility index (Phi) is 7.81. The van der Waals surface area contributed by atoms with Crippen molar-refractivity contribution < 1.29 is 9.84 Å². The van der Waals surface area contributed by atoms with Gasteiger partial charge in [0.1, 0.15) is 0 Å². The summed E-state index contributed by atoms with van der Waals surface area (Å²) in [5.74, 6) is 0.604. The topological polar surface area (TPSA) is 97.4 Å². The summed E-state index contributed by atoms with van der Waals surface area (Å²) < 4.78 is 9.21. The highest BCUT2D eigenvalue weighted by atomic mass is 16.5. The van der Waals surface area contributed by atoms with Crippen LogP contribution >= 0.6 is 0 Å². The van der Waals surface area contributed by atoms with Crippen molar-refractivity contribution >= 4 is 5.95 Å². The van der Waals surface area contributed by atoms with E-state index in [1.807, 2.05) is 48.0 Å². The van der Waals surface area contributed by atoms with Gasteiger partial charge < -0.3 is 15.2 Å². The molecule has 1 saturated carbocycles. The van der Waals surface area contributed by atoms with Gasteiger partial charge in [-0.25, -0.2) is 14.8 Å². The van der Waals surface area contributed by atoms with E-state index < -0.39 is 0 Å². The fourth-order valence-electron chi connectivity index (χ4n) is 6.73. The number of imidazole rings is 1. The molecule has 1 atom stereocenters. The molecule has 208 valence electrons. The fraction of sp³-hybridized carbons (Fsp3) is 0.567. The summed E-state index contributed by atoms with van der Waals surface area (Å²) in [6, 6.07) is 11.3. The zero-order valence-corrected chi connectivity index (χ0v) is 22.8. The normalized spacial score (nSPS) is 24.7. The predicted octanol–water partition coefficient (Wildman–Crippen LogP) is 3.94. The average Bonchev–Trinajstić information content (AvgIpc) is 3.59. The van der Waals surface area contributed by atoms with Gasteiger partial charge >= 0.3 is 5.69 Å². The number of aliphatic hydroxyl groups is 1. The molecule has 39 heavy (non-hydrogen) atoms. The van der Waals surface area contributed by atoms with E-state index in [1.54, 1.807) is 10.8 Å². The van der Waals surface area contributed by atoms with E-state index in [2.05, 4.69) is 15.2 Å². The van der Waals surface area contributed by atoms with Gasteiger partial charge in [-0.2, -0.15) is 0 Å². The number of hydrogen-bond acceptors (Lipinski definition) is 7. The van der Waals surface area contributed by atoms with Crippen LogP contribution in [0.5, 0.6) is 0 Å². The Labute approximate surface area is 229 Å². The first-order chi connectivity index (χ1) is 19.1. The minimum absolute atomic E-state index is 0.0444. The van der Waals surface area contributed by atoms with Crippen molar-refractivity contribution in [3.05, 3.63) is 58.8 Å². The second kappa shape index (κ2) is 11.6. The van der Waals surface area contributed by atoms with Crippen molar-refractivity contribution in [1.82, 2.24) is 24.0 Å². The predicted molar refractivity (Wildman–Crippen MR) is 151 cm³/mol. The maximum absolute atomic E-state index is 13.8. The number of rotatable bonds is 7. The Hall–Kier alpha value is -3.01. The SMILES string of the molecule is Cc1cccc(-n2c(-c3ccnc(NC4CCC(N5CCC[C@H]5CO)CC4)n3)cn(C3CCOCC3)c2=O)c1. The third-order valence-corrected chi connectivity index (χ3v) is 8.81. The van der Waals surface area contributed by atoms with E-state index in [-0.39, 0.29) is 18.3 Å². The van der Waals surface area contributed by atoms with Crippen LogP contribution in [0, 0.1) is 6.92 Å². The van der Waals surface area contributed by atoms with Gasteiger partial charge in [0.2, 0.25) is 5.95 Å². The van der Waals surface area contributed by atoms with Gasteiger partial charge in [0.25, 0.3) is 0 Å². The van der Waals surface area contributed by atoms with Gasteiger partial charge in [0.15, 0.2) is 0 Å². The van der Waals surface area contributed by atoms with E-state index in [1.165, 1.54) is 6.42 Å². The lowest BCUT2D eigenvalue weighted by Crippen LogP contribution is -2.44. The fourth-order valence-corrected chi connectivity index (χ4v) is 6.73. The lowest BCUT2D eigenvalue weighted by Gasteiger charge is -2.37. The molecule has 9 nitrogen and oxygen atoms in total. The first-order valence-electron chi connectivity index (χ1n) is 14.6. The van der Waals surface area contributed by atoms with Gasteiger partial charge in [-0.1, -0.05) is 12.1 Å². The molecule has 6 rings (SSSR count). The first kappa shape index (κ1) is 26.2.